The number of ether oxygens (including phenoxy) is 1. The second-order valence-electron chi connectivity index (χ2n) is 6.22. The molecule has 1 heterocycles. The van der Waals surface area contributed by atoms with Crippen LogP contribution in [0.5, 0.6) is 5.75 Å². The lowest BCUT2D eigenvalue weighted by molar-refractivity contribution is 0.0380. The summed E-state index contributed by atoms with van der Waals surface area (Å²) < 4.78 is 6.46. The highest BCUT2D eigenvalue weighted by molar-refractivity contribution is 6.00. The maximum Gasteiger partial charge on any atom is 0.170 e. The van der Waals surface area contributed by atoms with Crippen molar-refractivity contribution in [2.45, 2.75) is 18.4 Å². The summed E-state index contributed by atoms with van der Waals surface area (Å²) in [5.74, 6) is 0.810. The van der Waals surface area contributed by atoms with Crippen LogP contribution < -0.4 is 4.74 Å². The van der Waals surface area contributed by atoms with Gasteiger partial charge in [-0.05, 0) is 23.3 Å². The Hall–Kier alpha value is -2.87. The molecule has 0 aromatic heterocycles. The molecule has 0 N–H and O–H groups in total. The first-order valence-corrected chi connectivity index (χ1v) is 8.18. The largest absolute Gasteiger partial charge is 0.481 e. The Bertz CT molecular complexity index is 855. The molecular formula is C22H18O2. The molecule has 24 heavy (non-hydrogen) atoms. The van der Waals surface area contributed by atoms with E-state index in [1.807, 2.05) is 72.8 Å². The molecule has 118 valence electrons. The minimum atomic E-state index is -0.659. The number of Topliss-reactive ketones (excluding diaryl/α,β-unsaturated/α-hetero) is 1. The van der Waals surface area contributed by atoms with Gasteiger partial charge in [0.1, 0.15) is 11.4 Å². The second-order valence-corrected chi connectivity index (χ2v) is 6.22. The topological polar surface area (TPSA) is 26.3 Å². The van der Waals surface area contributed by atoms with E-state index in [-0.39, 0.29) is 5.78 Å². The summed E-state index contributed by atoms with van der Waals surface area (Å²) in [6, 6.07) is 27.8. The van der Waals surface area contributed by atoms with Gasteiger partial charge in [-0.2, -0.15) is 0 Å². The van der Waals surface area contributed by atoms with E-state index in [2.05, 4.69) is 12.1 Å². The van der Waals surface area contributed by atoms with Gasteiger partial charge in [-0.25, -0.2) is 0 Å². The second kappa shape index (κ2) is 5.97. The standard InChI is InChI=1S/C22H18O2/c23-20-16-22(18-11-5-2-6-12-18,15-17-9-3-1-4-10-17)24-21-14-8-7-13-19(20)21/h1-14H,15-16H2. The average Bonchev–Trinajstić information content (AvgIpc) is 2.63. The van der Waals surface area contributed by atoms with Gasteiger partial charge >= 0.3 is 0 Å². The van der Waals surface area contributed by atoms with Crippen molar-refractivity contribution in [1.82, 2.24) is 0 Å². The van der Waals surface area contributed by atoms with Crippen molar-refractivity contribution < 1.29 is 9.53 Å². The van der Waals surface area contributed by atoms with Crippen LogP contribution in [0.4, 0.5) is 0 Å². The molecule has 3 aromatic carbocycles. The minimum absolute atomic E-state index is 0.136. The van der Waals surface area contributed by atoms with Crippen LogP contribution >= 0.6 is 0 Å². The average molecular weight is 314 g/mol. The van der Waals surface area contributed by atoms with Gasteiger partial charge in [-0.3, -0.25) is 4.79 Å². The Morgan fingerprint density at radius 2 is 1.42 bits per heavy atom. The van der Waals surface area contributed by atoms with Gasteiger partial charge in [-0.15, -0.1) is 0 Å². The first-order chi connectivity index (χ1) is 11.8. The summed E-state index contributed by atoms with van der Waals surface area (Å²) >= 11 is 0. The minimum Gasteiger partial charge on any atom is -0.481 e. The fourth-order valence-electron chi connectivity index (χ4n) is 3.42. The predicted molar refractivity (Wildman–Crippen MR) is 94.3 cm³/mol. The third-order valence-electron chi connectivity index (χ3n) is 4.57. The lowest BCUT2D eigenvalue weighted by Gasteiger charge is -2.38. The molecule has 0 saturated heterocycles. The van der Waals surface area contributed by atoms with Gasteiger partial charge in [0.25, 0.3) is 0 Å². The van der Waals surface area contributed by atoms with Gasteiger partial charge in [0.2, 0.25) is 0 Å². The van der Waals surface area contributed by atoms with Crippen LogP contribution in [0.25, 0.3) is 0 Å². The number of fused-ring (bicyclic) bond motifs is 1. The number of hydrogen-bond donors (Lipinski definition) is 0. The zero-order valence-corrected chi connectivity index (χ0v) is 13.3. The third-order valence-corrected chi connectivity index (χ3v) is 4.57. The molecule has 0 amide bonds. The van der Waals surface area contributed by atoms with Crippen LogP contribution in [0.2, 0.25) is 0 Å². The van der Waals surface area contributed by atoms with Crippen molar-refractivity contribution in [2.24, 2.45) is 0 Å². The molecule has 0 radical (unpaired) electrons. The smallest absolute Gasteiger partial charge is 0.170 e. The van der Waals surface area contributed by atoms with Crippen LogP contribution in [0.1, 0.15) is 27.9 Å². The zero-order valence-electron chi connectivity index (χ0n) is 13.3. The van der Waals surface area contributed by atoms with Crippen molar-refractivity contribution >= 4 is 5.78 Å². The predicted octanol–water partition coefficient (Wildman–Crippen LogP) is 4.79. The van der Waals surface area contributed by atoms with E-state index < -0.39 is 5.60 Å². The summed E-state index contributed by atoms with van der Waals surface area (Å²) in [5, 5.41) is 0. The molecule has 2 nitrogen and oxygen atoms in total. The lowest BCUT2D eigenvalue weighted by Crippen LogP contribution is -2.41. The number of para-hydroxylation sites is 1. The van der Waals surface area contributed by atoms with Gasteiger partial charge < -0.3 is 4.74 Å². The van der Waals surface area contributed by atoms with E-state index in [9.17, 15) is 4.79 Å². The first-order valence-electron chi connectivity index (χ1n) is 8.18. The maximum absolute atomic E-state index is 12.8. The number of carbonyl (C=O) groups is 1. The van der Waals surface area contributed by atoms with Crippen molar-refractivity contribution in [1.29, 1.82) is 0 Å². The maximum atomic E-state index is 12.8. The van der Waals surface area contributed by atoms with E-state index in [1.165, 1.54) is 0 Å². The molecule has 2 heteroatoms. The summed E-state index contributed by atoms with van der Waals surface area (Å²) in [6.45, 7) is 0. The highest BCUT2D eigenvalue weighted by atomic mass is 16.5. The molecule has 1 aliphatic rings. The van der Waals surface area contributed by atoms with Crippen molar-refractivity contribution in [3.05, 3.63) is 102 Å². The summed E-state index contributed by atoms with van der Waals surface area (Å²) in [7, 11) is 0. The van der Waals surface area contributed by atoms with Gasteiger partial charge in [0.15, 0.2) is 5.78 Å². The Morgan fingerprint density at radius 1 is 0.792 bits per heavy atom. The number of hydrogen-bond acceptors (Lipinski definition) is 2. The molecule has 1 atom stereocenters. The molecule has 3 aromatic rings. The van der Waals surface area contributed by atoms with Gasteiger partial charge in [-0.1, -0.05) is 72.8 Å². The highest BCUT2D eigenvalue weighted by Gasteiger charge is 2.42. The molecular weight excluding hydrogens is 296 g/mol. The lowest BCUT2D eigenvalue weighted by atomic mass is 9.80. The monoisotopic (exact) mass is 314 g/mol. The zero-order chi connectivity index (χ0) is 16.4. The molecule has 1 unspecified atom stereocenters. The van der Waals surface area contributed by atoms with Crippen molar-refractivity contribution in [2.75, 3.05) is 0 Å². The van der Waals surface area contributed by atoms with Crippen molar-refractivity contribution in [3.63, 3.8) is 0 Å². The summed E-state index contributed by atoms with van der Waals surface area (Å²) in [6.07, 6.45) is 1.01. The molecule has 0 saturated carbocycles. The molecule has 1 aliphatic heterocycles. The Kier molecular flexibility index (Phi) is 3.66. The van der Waals surface area contributed by atoms with E-state index in [0.717, 1.165) is 11.1 Å². The van der Waals surface area contributed by atoms with E-state index >= 15 is 0 Å². The highest BCUT2D eigenvalue weighted by Crippen LogP contribution is 2.41. The summed E-state index contributed by atoms with van der Waals surface area (Å²) in [4.78, 5) is 12.8. The van der Waals surface area contributed by atoms with E-state index in [4.69, 9.17) is 4.74 Å². The number of carbonyl (C=O) groups excluding carboxylic acids is 1. The normalized spacial score (nSPS) is 19.4. The molecule has 4 rings (SSSR count). The summed E-state index contributed by atoms with van der Waals surface area (Å²) in [5.41, 5.74) is 2.22. The number of rotatable bonds is 3. The first kappa shape index (κ1) is 14.7. The molecule has 0 fully saturated rings. The molecule has 0 spiro atoms. The van der Waals surface area contributed by atoms with Gasteiger partial charge in [0, 0.05) is 6.42 Å². The Balaban J connectivity index is 1.82. The molecule has 0 aliphatic carbocycles. The number of ketones is 1. The third kappa shape index (κ3) is 2.61. The van der Waals surface area contributed by atoms with Crippen LogP contribution in [0.15, 0.2) is 84.9 Å². The Morgan fingerprint density at radius 3 is 2.17 bits per heavy atom. The SMILES string of the molecule is O=C1CC(Cc2ccccc2)(c2ccccc2)Oc2ccccc21. The van der Waals surface area contributed by atoms with Crippen LogP contribution in [0, 0.1) is 0 Å². The van der Waals surface area contributed by atoms with E-state index in [0.29, 0.717) is 24.2 Å². The van der Waals surface area contributed by atoms with Crippen LogP contribution in [-0.2, 0) is 12.0 Å². The molecule has 0 bridgehead atoms. The van der Waals surface area contributed by atoms with Crippen LogP contribution in [0.3, 0.4) is 0 Å². The number of benzene rings is 3. The van der Waals surface area contributed by atoms with Crippen molar-refractivity contribution in [3.8, 4) is 5.75 Å². The Labute approximate surface area is 141 Å². The van der Waals surface area contributed by atoms with E-state index in [1.54, 1.807) is 0 Å². The quantitative estimate of drug-likeness (QED) is 0.695. The fraction of sp³-hybridized carbons (Fsp3) is 0.136. The van der Waals surface area contributed by atoms with Crippen LogP contribution in [-0.4, -0.2) is 5.78 Å². The van der Waals surface area contributed by atoms with Gasteiger partial charge in [0.05, 0.1) is 12.0 Å². The fourth-order valence-corrected chi connectivity index (χ4v) is 3.42.